The lowest BCUT2D eigenvalue weighted by atomic mass is 10.1. The van der Waals surface area contributed by atoms with Gasteiger partial charge in [0.05, 0.1) is 5.69 Å². The first kappa shape index (κ1) is 16.2. The zero-order chi connectivity index (χ0) is 15.0. The summed E-state index contributed by atoms with van der Waals surface area (Å²) in [6, 6.07) is 1.94. The van der Waals surface area contributed by atoms with Crippen molar-refractivity contribution in [3.05, 3.63) is 17.5 Å². The molecule has 0 fully saturated rings. The molecule has 1 rings (SSSR count). The molecule has 6 heteroatoms. The zero-order valence-corrected chi connectivity index (χ0v) is 12.2. The highest BCUT2D eigenvalue weighted by Crippen LogP contribution is 2.03. The molecule has 1 aromatic rings. The maximum absolute atomic E-state index is 11.7. The summed E-state index contributed by atoms with van der Waals surface area (Å²) in [6.07, 6.45) is 3.63. The molecule has 0 aliphatic carbocycles. The Labute approximate surface area is 119 Å². The molecule has 0 radical (unpaired) electrons. The van der Waals surface area contributed by atoms with Gasteiger partial charge in [-0.1, -0.05) is 12.8 Å². The van der Waals surface area contributed by atoms with Crippen LogP contribution in [0.1, 0.15) is 43.5 Å². The molecule has 1 heterocycles. The van der Waals surface area contributed by atoms with E-state index >= 15 is 0 Å². The number of amides is 1. The van der Waals surface area contributed by atoms with Gasteiger partial charge in [0.15, 0.2) is 0 Å². The number of rotatable bonds is 9. The van der Waals surface area contributed by atoms with E-state index in [1.165, 1.54) is 0 Å². The Balaban J connectivity index is 2.09. The summed E-state index contributed by atoms with van der Waals surface area (Å²) in [5, 5.41) is 15.6. The van der Waals surface area contributed by atoms with E-state index in [0.29, 0.717) is 13.0 Å². The summed E-state index contributed by atoms with van der Waals surface area (Å²) in [5.74, 6) is -0.787. The topological polar surface area (TPSA) is 84.2 Å². The fourth-order valence-corrected chi connectivity index (χ4v) is 2.01. The van der Waals surface area contributed by atoms with Crippen molar-refractivity contribution in [2.45, 2.75) is 52.5 Å². The van der Waals surface area contributed by atoms with E-state index in [2.05, 4.69) is 10.4 Å². The molecule has 20 heavy (non-hydrogen) atoms. The van der Waals surface area contributed by atoms with E-state index in [0.717, 1.165) is 30.7 Å². The number of hydrogen-bond donors (Lipinski definition) is 2. The van der Waals surface area contributed by atoms with Gasteiger partial charge in [-0.3, -0.25) is 14.3 Å². The number of carbonyl (C=O) groups is 2. The molecule has 0 aliphatic heterocycles. The number of nitrogens with zero attached hydrogens (tertiary/aromatic N) is 2. The van der Waals surface area contributed by atoms with E-state index in [1.54, 1.807) is 4.68 Å². The number of carboxylic acids is 1. The van der Waals surface area contributed by atoms with Gasteiger partial charge in [0.2, 0.25) is 5.91 Å². The number of aliphatic carboxylic acids is 1. The van der Waals surface area contributed by atoms with Crippen LogP contribution in [0.2, 0.25) is 0 Å². The Hall–Kier alpha value is -1.85. The van der Waals surface area contributed by atoms with Crippen LogP contribution in [0.15, 0.2) is 6.07 Å². The van der Waals surface area contributed by atoms with Crippen LogP contribution in [-0.4, -0.2) is 33.3 Å². The van der Waals surface area contributed by atoms with Crippen LogP contribution in [0.3, 0.4) is 0 Å². The minimum absolute atomic E-state index is 0.0401. The molecule has 0 spiro atoms. The van der Waals surface area contributed by atoms with Crippen molar-refractivity contribution < 1.29 is 14.7 Å². The molecule has 0 bridgehead atoms. The van der Waals surface area contributed by atoms with Crippen LogP contribution < -0.4 is 5.32 Å². The molecule has 0 aromatic carbocycles. The number of hydrogen-bond acceptors (Lipinski definition) is 3. The lowest BCUT2D eigenvalue weighted by Crippen LogP contribution is -2.29. The Morgan fingerprint density at radius 3 is 2.55 bits per heavy atom. The number of aryl methyl sites for hydroxylation is 2. The minimum atomic E-state index is -0.747. The smallest absolute Gasteiger partial charge is 0.303 e. The second-order valence-corrected chi connectivity index (χ2v) is 4.99. The van der Waals surface area contributed by atoms with Crippen molar-refractivity contribution in [2.24, 2.45) is 0 Å². The SMILES string of the molecule is Cc1cc(C)n(CC(=O)NCCCCCCC(=O)O)n1. The van der Waals surface area contributed by atoms with Crippen LogP contribution in [-0.2, 0) is 16.1 Å². The number of carbonyl (C=O) groups excluding carboxylic acids is 1. The third-order valence-electron chi connectivity index (χ3n) is 3.04. The lowest BCUT2D eigenvalue weighted by Gasteiger charge is -2.06. The third kappa shape index (κ3) is 6.36. The van der Waals surface area contributed by atoms with Gasteiger partial charge in [0, 0.05) is 18.7 Å². The summed E-state index contributed by atoms with van der Waals surface area (Å²) in [6.45, 7) is 4.71. The molecule has 0 saturated heterocycles. The summed E-state index contributed by atoms with van der Waals surface area (Å²) in [7, 11) is 0. The van der Waals surface area contributed by atoms with Gasteiger partial charge in [-0.15, -0.1) is 0 Å². The highest BCUT2D eigenvalue weighted by atomic mass is 16.4. The van der Waals surface area contributed by atoms with Crippen LogP contribution in [0, 0.1) is 13.8 Å². The van der Waals surface area contributed by atoms with Crippen molar-refractivity contribution >= 4 is 11.9 Å². The van der Waals surface area contributed by atoms with Crippen LogP contribution >= 0.6 is 0 Å². The lowest BCUT2D eigenvalue weighted by molar-refractivity contribution is -0.137. The number of nitrogens with one attached hydrogen (secondary N) is 1. The normalized spacial score (nSPS) is 10.5. The zero-order valence-electron chi connectivity index (χ0n) is 12.2. The minimum Gasteiger partial charge on any atom is -0.481 e. The molecule has 1 amide bonds. The average molecular weight is 281 g/mol. The molecule has 0 aliphatic rings. The molecule has 112 valence electrons. The Morgan fingerprint density at radius 1 is 1.25 bits per heavy atom. The molecule has 6 nitrogen and oxygen atoms in total. The summed E-state index contributed by atoms with van der Waals surface area (Å²) in [5.41, 5.74) is 1.89. The average Bonchev–Trinajstić information content (AvgIpc) is 2.66. The second kappa shape index (κ2) is 8.35. The van der Waals surface area contributed by atoms with Gasteiger partial charge in [-0.25, -0.2) is 0 Å². The monoisotopic (exact) mass is 281 g/mol. The standard InChI is InChI=1S/C14H23N3O3/c1-11-9-12(2)17(16-11)10-13(18)15-8-6-4-3-5-7-14(19)20/h9H,3-8,10H2,1-2H3,(H,15,18)(H,19,20). The maximum Gasteiger partial charge on any atom is 0.303 e. The first-order chi connectivity index (χ1) is 9.49. The van der Waals surface area contributed by atoms with Crippen molar-refractivity contribution in [1.29, 1.82) is 0 Å². The van der Waals surface area contributed by atoms with Gasteiger partial charge in [0.25, 0.3) is 0 Å². The number of carboxylic acid groups (broad SMARTS) is 1. The molecule has 2 N–H and O–H groups in total. The van der Waals surface area contributed by atoms with Gasteiger partial charge >= 0.3 is 5.97 Å². The van der Waals surface area contributed by atoms with Crippen molar-refractivity contribution in [1.82, 2.24) is 15.1 Å². The van der Waals surface area contributed by atoms with E-state index in [-0.39, 0.29) is 18.9 Å². The number of aromatic nitrogens is 2. The van der Waals surface area contributed by atoms with Crippen LogP contribution in [0.4, 0.5) is 0 Å². The van der Waals surface area contributed by atoms with Gasteiger partial charge in [-0.05, 0) is 32.8 Å². The van der Waals surface area contributed by atoms with Crippen LogP contribution in [0.5, 0.6) is 0 Å². The van der Waals surface area contributed by atoms with E-state index in [9.17, 15) is 9.59 Å². The summed E-state index contributed by atoms with van der Waals surface area (Å²) in [4.78, 5) is 22.0. The van der Waals surface area contributed by atoms with Gasteiger partial charge in [-0.2, -0.15) is 5.10 Å². The second-order valence-electron chi connectivity index (χ2n) is 4.99. The van der Waals surface area contributed by atoms with Crippen molar-refractivity contribution in [3.63, 3.8) is 0 Å². The fraction of sp³-hybridized carbons (Fsp3) is 0.643. The molecule has 1 aromatic heterocycles. The predicted octanol–water partition coefficient (Wildman–Crippen LogP) is 1.65. The largest absolute Gasteiger partial charge is 0.481 e. The van der Waals surface area contributed by atoms with E-state index in [4.69, 9.17) is 5.11 Å². The quantitative estimate of drug-likeness (QED) is 0.674. The first-order valence-corrected chi connectivity index (χ1v) is 6.98. The Morgan fingerprint density at radius 2 is 1.95 bits per heavy atom. The molecule has 0 atom stereocenters. The predicted molar refractivity (Wildman–Crippen MR) is 75.4 cm³/mol. The molecule has 0 saturated carbocycles. The highest BCUT2D eigenvalue weighted by molar-refractivity contribution is 5.75. The molecule has 0 unspecified atom stereocenters. The van der Waals surface area contributed by atoms with E-state index < -0.39 is 5.97 Å². The van der Waals surface area contributed by atoms with Crippen molar-refractivity contribution in [3.8, 4) is 0 Å². The maximum atomic E-state index is 11.7. The summed E-state index contributed by atoms with van der Waals surface area (Å²) >= 11 is 0. The third-order valence-corrected chi connectivity index (χ3v) is 3.04. The highest BCUT2D eigenvalue weighted by Gasteiger charge is 2.06. The molecular formula is C14H23N3O3. The summed E-state index contributed by atoms with van der Waals surface area (Å²) < 4.78 is 1.69. The van der Waals surface area contributed by atoms with Crippen LogP contribution in [0.25, 0.3) is 0 Å². The van der Waals surface area contributed by atoms with Crippen molar-refractivity contribution in [2.75, 3.05) is 6.54 Å². The first-order valence-electron chi connectivity index (χ1n) is 6.98. The Bertz CT molecular complexity index is 455. The van der Waals surface area contributed by atoms with E-state index in [1.807, 2.05) is 19.9 Å². The number of unbranched alkanes of at least 4 members (excludes halogenated alkanes) is 3. The fourth-order valence-electron chi connectivity index (χ4n) is 2.01. The molecular weight excluding hydrogens is 258 g/mol. The van der Waals surface area contributed by atoms with Gasteiger partial charge < -0.3 is 10.4 Å². The van der Waals surface area contributed by atoms with Gasteiger partial charge in [0.1, 0.15) is 6.54 Å². The Kier molecular flexibility index (Phi) is 6.76.